The quantitative estimate of drug-likeness (QED) is 0.703. The number of nitrogens with zero attached hydrogens (tertiary/aromatic N) is 2. The van der Waals surface area contributed by atoms with Crippen LogP contribution in [0.4, 0.5) is 4.79 Å². The lowest BCUT2D eigenvalue weighted by Crippen LogP contribution is -2.43. The van der Waals surface area contributed by atoms with E-state index in [-0.39, 0.29) is 29.9 Å². The molecule has 1 aliphatic carbocycles. The summed E-state index contributed by atoms with van der Waals surface area (Å²) in [5.74, 6) is 0.132. The molecule has 0 aromatic carbocycles. The maximum absolute atomic E-state index is 12.4. The first kappa shape index (κ1) is 12.4. The molecule has 2 unspecified atom stereocenters. The van der Waals surface area contributed by atoms with E-state index in [4.69, 9.17) is 0 Å². The molecule has 0 bridgehead atoms. The minimum absolute atomic E-state index is 0.00178. The van der Waals surface area contributed by atoms with Gasteiger partial charge in [-0.3, -0.25) is 9.69 Å². The van der Waals surface area contributed by atoms with Gasteiger partial charge in [0, 0.05) is 13.0 Å². The fourth-order valence-electron chi connectivity index (χ4n) is 2.90. The molecule has 1 aliphatic heterocycles. The van der Waals surface area contributed by atoms with Gasteiger partial charge >= 0.3 is 6.03 Å². The molecule has 2 aliphatic rings. The maximum Gasteiger partial charge on any atom is 0.327 e. The predicted octanol–water partition coefficient (Wildman–Crippen LogP) is 2.24. The van der Waals surface area contributed by atoms with Crippen LogP contribution in [0.1, 0.15) is 46.0 Å². The molecular formula is C13H22N2O2. The number of carbonyl (C=O) groups excluding carboxylic acids is 2. The Morgan fingerprint density at radius 2 is 1.71 bits per heavy atom. The summed E-state index contributed by atoms with van der Waals surface area (Å²) < 4.78 is 0. The molecule has 17 heavy (non-hydrogen) atoms. The summed E-state index contributed by atoms with van der Waals surface area (Å²) in [5, 5.41) is 0. The van der Waals surface area contributed by atoms with Gasteiger partial charge in [0.2, 0.25) is 5.91 Å². The molecule has 0 spiro atoms. The van der Waals surface area contributed by atoms with Gasteiger partial charge < -0.3 is 4.90 Å². The molecule has 4 nitrogen and oxygen atoms in total. The van der Waals surface area contributed by atoms with Gasteiger partial charge in [0.25, 0.3) is 0 Å². The summed E-state index contributed by atoms with van der Waals surface area (Å²) >= 11 is 0. The number of likely N-dealkylation sites (N-methyl/N-ethyl adjacent to an activating group) is 1. The second kappa shape index (κ2) is 4.67. The normalized spacial score (nSPS) is 31.1. The molecule has 2 atom stereocenters. The zero-order valence-electron chi connectivity index (χ0n) is 11.0. The minimum Gasteiger partial charge on any atom is -0.323 e. The van der Waals surface area contributed by atoms with Crippen molar-refractivity contribution in [2.75, 3.05) is 7.05 Å². The largest absolute Gasteiger partial charge is 0.327 e. The van der Waals surface area contributed by atoms with E-state index in [0.717, 1.165) is 25.7 Å². The van der Waals surface area contributed by atoms with Crippen molar-refractivity contribution in [1.29, 1.82) is 0 Å². The number of hydrogen-bond acceptors (Lipinski definition) is 2. The van der Waals surface area contributed by atoms with E-state index in [1.165, 1.54) is 11.3 Å². The van der Waals surface area contributed by atoms with E-state index < -0.39 is 0 Å². The third-order valence-corrected chi connectivity index (χ3v) is 4.42. The second-order valence-electron chi connectivity index (χ2n) is 5.42. The SMILES string of the molecule is CC1C(C)N(C(=O)C2CCCCC2)C(=O)N1C. The monoisotopic (exact) mass is 238 g/mol. The Morgan fingerprint density at radius 3 is 2.18 bits per heavy atom. The van der Waals surface area contributed by atoms with Crippen LogP contribution in [0.15, 0.2) is 0 Å². The first-order chi connectivity index (χ1) is 8.04. The van der Waals surface area contributed by atoms with Crippen molar-refractivity contribution in [3.8, 4) is 0 Å². The first-order valence-corrected chi connectivity index (χ1v) is 6.64. The van der Waals surface area contributed by atoms with E-state index >= 15 is 0 Å². The molecule has 1 saturated carbocycles. The lowest BCUT2D eigenvalue weighted by molar-refractivity contribution is -0.134. The Hall–Kier alpha value is -1.06. The number of carbonyl (C=O) groups is 2. The highest BCUT2D eigenvalue weighted by Gasteiger charge is 2.44. The maximum atomic E-state index is 12.4. The number of urea groups is 1. The molecule has 1 heterocycles. The standard InChI is InChI=1S/C13H22N2O2/c1-9-10(2)15(13(17)14(9)3)12(16)11-7-5-4-6-8-11/h9-11H,4-8H2,1-3H3. The average molecular weight is 238 g/mol. The Labute approximate surface area is 103 Å². The first-order valence-electron chi connectivity index (χ1n) is 6.64. The van der Waals surface area contributed by atoms with Gasteiger partial charge in [-0.1, -0.05) is 19.3 Å². The lowest BCUT2D eigenvalue weighted by atomic mass is 9.88. The molecule has 2 rings (SSSR count). The van der Waals surface area contributed by atoms with Gasteiger partial charge in [0.1, 0.15) is 0 Å². The summed E-state index contributed by atoms with van der Waals surface area (Å²) in [5.41, 5.74) is 0. The number of amides is 3. The highest BCUT2D eigenvalue weighted by molar-refractivity contribution is 5.97. The van der Waals surface area contributed by atoms with Gasteiger partial charge in [0.05, 0.1) is 12.1 Å². The molecule has 2 fully saturated rings. The fraction of sp³-hybridized carbons (Fsp3) is 0.846. The van der Waals surface area contributed by atoms with Gasteiger partial charge in [-0.25, -0.2) is 4.79 Å². The summed E-state index contributed by atoms with van der Waals surface area (Å²) in [7, 11) is 1.78. The number of hydrogen-bond donors (Lipinski definition) is 0. The fourth-order valence-corrected chi connectivity index (χ4v) is 2.90. The Morgan fingerprint density at radius 1 is 1.12 bits per heavy atom. The van der Waals surface area contributed by atoms with E-state index in [9.17, 15) is 9.59 Å². The number of imide groups is 1. The van der Waals surface area contributed by atoms with Gasteiger partial charge in [-0.05, 0) is 26.7 Å². The topological polar surface area (TPSA) is 40.6 Å². The van der Waals surface area contributed by atoms with E-state index in [0.29, 0.717) is 0 Å². The average Bonchev–Trinajstić information content (AvgIpc) is 2.54. The number of rotatable bonds is 1. The highest BCUT2D eigenvalue weighted by Crippen LogP contribution is 2.29. The third-order valence-electron chi connectivity index (χ3n) is 4.42. The molecular weight excluding hydrogens is 216 g/mol. The van der Waals surface area contributed by atoms with Crippen molar-refractivity contribution in [3.05, 3.63) is 0 Å². The van der Waals surface area contributed by atoms with Crippen molar-refractivity contribution in [2.24, 2.45) is 5.92 Å². The van der Waals surface area contributed by atoms with Crippen LogP contribution >= 0.6 is 0 Å². The van der Waals surface area contributed by atoms with Crippen LogP contribution in [0.2, 0.25) is 0 Å². The smallest absolute Gasteiger partial charge is 0.323 e. The van der Waals surface area contributed by atoms with Gasteiger partial charge in [-0.2, -0.15) is 0 Å². The van der Waals surface area contributed by atoms with Crippen molar-refractivity contribution in [3.63, 3.8) is 0 Å². The van der Waals surface area contributed by atoms with Crippen molar-refractivity contribution < 1.29 is 9.59 Å². The van der Waals surface area contributed by atoms with Crippen molar-refractivity contribution in [1.82, 2.24) is 9.80 Å². The van der Waals surface area contributed by atoms with Gasteiger partial charge in [0.15, 0.2) is 0 Å². The van der Waals surface area contributed by atoms with Crippen molar-refractivity contribution >= 4 is 11.9 Å². The lowest BCUT2D eigenvalue weighted by Gasteiger charge is -2.27. The van der Waals surface area contributed by atoms with E-state index in [1.807, 2.05) is 13.8 Å². The van der Waals surface area contributed by atoms with Crippen LogP contribution in [0, 0.1) is 5.92 Å². The summed E-state index contributed by atoms with van der Waals surface area (Å²) in [6.07, 6.45) is 5.38. The molecule has 0 aromatic rings. The third kappa shape index (κ3) is 2.05. The zero-order valence-corrected chi connectivity index (χ0v) is 11.0. The van der Waals surface area contributed by atoms with Crippen LogP contribution in [-0.2, 0) is 4.79 Å². The van der Waals surface area contributed by atoms with Crippen LogP contribution < -0.4 is 0 Å². The van der Waals surface area contributed by atoms with E-state index in [2.05, 4.69) is 0 Å². The van der Waals surface area contributed by atoms with Crippen LogP contribution in [-0.4, -0.2) is 40.9 Å². The molecule has 96 valence electrons. The molecule has 4 heteroatoms. The Bertz CT molecular complexity index is 323. The highest BCUT2D eigenvalue weighted by atomic mass is 16.2. The molecule has 3 amide bonds. The molecule has 0 N–H and O–H groups in total. The van der Waals surface area contributed by atoms with Crippen LogP contribution in [0.25, 0.3) is 0 Å². The summed E-state index contributed by atoms with van der Waals surface area (Å²) in [6.45, 7) is 3.96. The Kier molecular flexibility index (Phi) is 3.40. The van der Waals surface area contributed by atoms with Gasteiger partial charge in [-0.15, -0.1) is 0 Å². The van der Waals surface area contributed by atoms with Crippen LogP contribution in [0.5, 0.6) is 0 Å². The summed E-state index contributed by atoms with van der Waals surface area (Å²) in [4.78, 5) is 27.6. The van der Waals surface area contributed by atoms with Crippen molar-refractivity contribution in [2.45, 2.75) is 58.0 Å². The molecule has 1 saturated heterocycles. The molecule has 0 aromatic heterocycles. The minimum atomic E-state index is -0.124. The van der Waals surface area contributed by atoms with Crippen LogP contribution in [0.3, 0.4) is 0 Å². The summed E-state index contributed by atoms with van der Waals surface area (Å²) in [6, 6.07) is -0.00228. The second-order valence-corrected chi connectivity index (χ2v) is 5.42. The zero-order chi connectivity index (χ0) is 12.6. The molecule has 0 radical (unpaired) electrons. The predicted molar refractivity (Wildman–Crippen MR) is 65.5 cm³/mol. The Balaban J connectivity index is 2.11. The van der Waals surface area contributed by atoms with E-state index in [1.54, 1.807) is 11.9 Å².